The Morgan fingerprint density at radius 2 is 1.55 bits per heavy atom. The molecule has 0 aliphatic carbocycles. The van der Waals surface area contributed by atoms with E-state index in [2.05, 4.69) is 0 Å². The van der Waals surface area contributed by atoms with Crippen molar-refractivity contribution in [2.24, 2.45) is 0 Å². The summed E-state index contributed by atoms with van der Waals surface area (Å²) in [5.74, 6) is -3.79. The van der Waals surface area contributed by atoms with Crippen LogP contribution in [0.4, 0.5) is 14.5 Å². The van der Waals surface area contributed by atoms with Crippen molar-refractivity contribution in [3.8, 4) is 17.2 Å². The van der Waals surface area contributed by atoms with Crippen LogP contribution in [0.5, 0.6) is 0 Å². The van der Waals surface area contributed by atoms with Gasteiger partial charge < -0.3 is 4.74 Å². The Kier molecular flexibility index (Phi) is 6.88. The Hall–Kier alpha value is -4.05. The maximum absolute atomic E-state index is 14.4. The van der Waals surface area contributed by atoms with Crippen LogP contribution in [0.2, 0.25) is 0 Å². The van der Waals surface area contributed by atoms with Crippen LogP contribution in [-0.4, -0.2) is 24.0 Å². The summed E-state index contributed by atoms with van der Waals surface area (Å²) < 4.78 is 34.1. The number of carbonyl (C=O) groups is 2. The highest BCUT2D eigenvalue weighted by Crippen LogP contribution is 2.27. The molecule has 33 heavy (non-hydrogen) atoms. The van der Waals surface area contributed by atoms with Crippen molar-refractivity contribution in [1.29, 1.82) is 5.26 Å². The van der Waals surface area contributed by atoms with Crippen LogP contribution >= 0.6 is 0 Å². The van der Waals surface area contributed by atoms with Crippen molar-refractivity contribution in [2.45, 2.75) is 26.4 Å². The number of nitrogens with zero attached hydrogens (tertiary/aromatic N) is 2. The molecule has 1 amide bonds. The molecular weight excluding hydrogens is 426 g/mol. The third kappa shape index (κ3) is 5.80. The molecule has 0 heterocycles. The second kappa shape index (κ2) is 9.61. The van der Waals surface area contributed by atoms with E-state index in [1.807, 2.05) is 6.07 Å². The number of esters is 1. The lowest BCUT2D eigenvalue weighted by Gasteiger charge is -2.26. The van der Waals surface area contributed by atoms with Gasteiger partial charge in [0, 0.05) is 5.69 Å². The highest BCUT2D eigenvalue weighted by molar-refractivity contribution is 6.09. The number of benzene rings is 3. The summed E-state index contributed by atoms with van der Waals surface area (Å²) in [7, 11) is 0. The molecule has 3 aromatic carbocycles. The molecule has 0 fully saturated rings. The van der Waals surface area contributed by atoms with Crippen LogP contribution in [0.1, 0.15) is 36.7 Å². The SMILES string of the molecule is CC(C)(C)OC(=O)CN(C(=O)c1c(F)cccc1F)c1cccc(-c2ccc(C#N)cc2)c1. The van der Waals surface area contributed by atoms with Gasteiger partial charge in [-0.1, -0.05) is 30.3 Å². The minimum absolute atomic E-state index is 0.260. The zero-order valence-corrected chi connectivity index (χ0v) is 18.4. The minimum Gasteiger partial charge on any atom is -0.459 e. The first-order valence-corrected chi connectivity index (χ1v) is 10.2. The predicted molar refractivity (Wildman–Crippen MR) is 120 cm³/mol. The zero-order valence-electron chi connectivity index (χ0n) is 18.4. The van der Waals surface area contributed by atoms with Gasteiger partial charge in [-0.25, -0.2) is 8.78 Å². The number of amides is 1. The fourth-order valence-corrected chi connectivity index (χ4v) is 3.21. The smallest absolute Gasteiger partial charge is 0.326 e. The Morgan fingerprint density at radius 3 is 2.12 bits per heavy atom. The lowest BCUT2D eigenvalue weighted by molar-refractivity contribution is -0.152. The van der Waals surface area contributed by atoms with Crippen molar-refractivity contribution >= 4 is 17.6 Å². The molecule has 0 atom stereocenters. The lowest BCUT2D eigenvalue weighted by atomic mass is 10.0. The third-order valence-electron chi connectivity index (χ3n) is 4.63. The van der Waals surface area contributed by atoms with E-state index < -0.39 is 41.2 Å². The standard InChI is InChI=1S/C26H22F2N2O3/c1-26(2,3)33-23(31)16-30(25(32)24-21(27)8-5-9-22(24)28)20-7-4-6-19(14-20)18-12-10-17(15-29)11-13-18/h4-14H,16H2,1-3H3. The first-order valence-electron chi connectivity index (χ1n) is 10.2. The molecule has 3 rings (SSSR count). The van der Waals surface area contributed by atoms with Gasteiger partial charge in [0.2, 0.25) is 0 Å². The normalized spacial score (nSPS) is 10.9. The van der Waals surface area contributed by atoms with E-state index in [4.69, 9.17) is 10.00 Å². The first kappa shape index (κ1) is 23.6. The van der Waals surface area contributed by atoms with Crippen molar-refractivity contribution in [2.75, 3.05) is 11.4 Å². The van der Waals surface area contributed by atoms with E-state index >= 15 is 0 Å². The largest absolute Gasteiger partial charge is 0.459 e. The third-order valence-corrected chi connectivity index (χ3v) is 4.63. The predicted octanol–water partition coefficient (Wildman–Crippen LogP) is 5.49. The van der Waals surface area contributed by atoms with Crippen molar-refractivity contribution < 1.29 is 23.1 Å². The number of ether oxygens (including phenoxy) is 1. The second-order valence-corrected chi connectivity index (χ2v) is 8.31. The van der Waals surface area contributed by atoms with Gasteiger partial charge in [0.15, 0.2) is 0 Å². The molecule has 0 unspecified atom stereocenters. The lowest BCUT2D eigenvalue weighted by Crippen LogP contribution is -2.39. The summed E-state index contributed by atoms with van der Waals surface area (Å²) >= 11 is 0. The molecule has 3 aromatic rings. The van der Waals surface area contributed by atoms with Crippen molar-refractivity contribution in [3.63, 3.8) is 0 Å². The molecule has 0 aliphatic rings. The van der Waals surface area contributed by atoms with Crippen LogP contribution in [-0.2, 0) is 9.53 Å². The summed E-state index contributed by atoms with van der Waals surface area (Å²) in [5.41, 5.74) is 0.636. The minimum atomic E-state index is -1.03. The highest BCUT2D eigenvalue weighted by Gasteiger charge is 2.28. The number of nitriles is 1. The number of carbonyl (C=O) groups excluding carboxylic acids is 2. The van der Waals surface area contributed by atoms with Crippen molar-refractivity contribution in [1.82, 2.24) is 0 Å². The maximum Gasteiger partial charge on any atom is 0.326 e. The van der Waals surface area contributed by atoms with Gasteiger partial charge in [-0.3, -0.25) is 14.5 Å². The van der Waals surface area contributed by atoms with Gasteiger partial charge in [-0.2, -0.15) is 5.26 Å². The topological polar surface area (TPSA) is 70.4 Å². The molecule has 0 spiro atoms. The zero-order chi connectivity index (χ0) is 24.2. The molecule has 5 nitrogen and oxygen atoms in total. The average Bonchev–Trinajstić information content (AvgIpc) is 2.76. The van der Waals surface area contributed by atoms with Crippen LogP contribution < -0.4 is 4.90 Å². The van der Waals surface area contributed by atoms with Gasteiger partial charge in [-0.15, -0.1) is 0 Å². The molecule has 0 aromatic heterocycles. The van der Waals surface area contributed by atoms with Crippen LogP contribution in [0.3, 0.4) is 0 Å². The Balaban J connectivity index is 2.04. The molecule has 0 saturated heterocycles. The summed E-state index contributed by atoms with van der Waals surface area (Å²) in [6, 6.07) is 18.6. The van der Waals surface area contributed by atoms with Crippen LogP contribution in [0.25, 0.3) is 11.1 Å². The van der Waals surface area contributed by atoms with Gasteiger partial charge in [-0.05, 0) is 68.3 Å². The van der Waals surface area contributed by atoms with Gasteiger partial charge >= 0.3 is 5.97 Å². The van der Waals surface area contributed by atoms with Crippen molar-refractivity contribution in [3.05, 3.63) is 89.5 Å². The van der Waals surface area contributed by atoms with Gasteiger partial charge in [0.05, 0.1) is 11.6 Å². The second-order valence-electron chi connectivity index (χ2n) is 8.31. The quantitative estimate of drug-likeness (QED) is 0.484. The van der Waals surface area contributed by atoms with E-state index in [0.29, 0.717) is 11.1 Å². The molecule has 0 N–H and O–H groups in total. The van der Waals surface area contributed by atoms with Gasteiger partial charge in [0.1, 0.15) is 29.3 Å². The molecular formula is C26H22F2N2O3. The first-order chi connectivity index (χ1) is 15.6. The number of hydrogen-bond donors (Lipinski definition) is 0. The molecule has 0 aliphatic heterocycles. The number of anilines is 1. The highest BCUT2D eigenvalue weighted by atomic mass is 19.1. The Morgan fingerprint density at radius 1 is 0.939 bits per heavy atom. The summed E-state index contributed by atoms with van der Waals surface area (Å²) in [5, 5.41) is 9.00. The monoisotopic (exact) mass is 448 g/mol. The van der Waals surface area contributed by atoms with Crippen LogP contribution in [0.15, 0.2) is 66.7 Å². The van der Waals surface area contributed by atoms with Gasteiger partial charge in [0.25, 0.3) is 5.91 Å². The Labute approximate surface area is 190 Å². The average molecular weight is 448 g/mol. The van der Waals surface area contributed by atoms with E-state index in [9.17, 15) is 18.4 Å². The van der Waals surface area contributed by atoms with Crippen LogP contribution in [0, 0.1) is 23.0 Å². The fraction of sp³-hybridized carbons (Fsp3) is 0.192. The number of halogens is 2. The van der Waals surface area contributed by atoms with E-state index in [0.717, 1.165) is 28.7 Å². The molecule has 0 saturated carbocycles. The molecule has 168 valence electrons. The Bertz CT molecular complexity index is 1210. The van der Waals surface area contributed by atoms with E-state index in [1.165, 1.54) is 0 Å². The fourth-order valence-electron chi connectivity index (χ4n) is 3.21. The molecule has 0 bridgehead atoms. The molecule has 7 heteroatoms. The summed E-state index contributed by atoms with van der Waals surface area (Å²) in [6.07, 6.45) is 0. The maximum atomic E-state index is 14.4. The summed E-state index contributed by atoms with van der Waals surface area (Å²) in [6.45, 7) is 4.50. The summed E-state index contributed by atoms with van der Waals surface area (Å²) in [4.78, 5) is 26.7. The van der Waals surface area contributed by atoms with E-state index in [1.54, 1.807) is 69.3 Å². The number of rotatable bonds is 5. The van der Waals surface area contributed by atoms with E-state index in [-0.39, 0.29) is 5.69 Å². The molecule has 0 radical (unpaired) electrons. The number of hydrogen-bond acceptors (Lipinski definition) is 4.